The number of pyridine rings is 1. The average Bonchev–Trinajstić information content (AvgIpc) is 2.91. The molecule has 1 saturated carbocycles. The standard InChI is InChI=1S/C16H20FN5O/c1-11-15-20-19-14(10-23-16-13(17)6-3-7-18-16)22(15)9-8-21(11)12-4-2-5-12/h3,6-7,11-12H,2,4-5,8-10H2,1H3/t11-/m1/s1. The minimum atomic E-state index is -0.463. The molecule has 3 heterocycles. The summed E-state index contributed by atoms with van der Waals surface area (Å²) < 4.78 is 21.1. The van der Waals surface area contributed by atoms with E-state index in [4.69, 9.17) is 4.74 Å². The van der Waals surface area contributed by atoms with Gasteiger partial charge in [-0.1, -0.05) is 6.42 Å². The van der Waals surface area contributed by atoms with Crippen molar-refractivity contribution < 1.29 is 9.13 Å². The molecular formula is C16H20FN5O. The van der Waals surface area contributed by atoms with Crippen LogP contribution in [0.15, 0.2) is 18.3 Å². The number of aromatic nitrogens is 4. The minimum Gasteiger partial charge on any atom is -0.467 e. The third-order valence-electron chi connectivity index (χ3n) is 4.92. The zero-order chi connectivity index (χ0) is 15.8. The largest absolute Gasteiger partial charge is 0.467 e. The lowest BCUT2D eigenvalue weighted by Crippen LogP contribution is -2.47. The molecule has 1 fully saturated rings. The first-order chi connectivity index (χ1) is 11.2. The Labute approximate surface area is 134 Å². The van der Waals surface area contributed by atoms with E-state index in [1.165, 1.54) is 37.6 Å². The molecule has 0 bridgehead atoms. The van der Waals surface area contributed by atoms with Gasteiger partial charge in [-0.2, -0.15) is 0 Å². The molecule has 122 valence electrons. The molecule has 2 aliphatic rings. The van der Waals surface area contributed by atoms with Crippen LogP contribution in [0.5, 0.6) is 5.88 Å². The second-order valence-corrected chi connectivity index (χ2v) is 6.20. The number of hydrogen-bond acceptors (Lipinski definition) is 5. The number of fused-ring (bicyclic) bond motifs is 1. The highest BCUT2D eigenvalue weighted by Gasteiger charge is 2.35. The molecule has 1 aliphatic heterocycles. The van der Waals surface area contributed by atoms with Gasteiger partial charge in [-0.05, 0) is 31.9 Å². The fourth-order valence-corrected chi connectivity index (χ4v) is 3.39. The molecule has 0 unspecified atom stereocenters. The summed E-state index contributed by atoms with van der Waals surface area (Å²) in [6, 6.07) is 3.83. The molecule has 6 nitrogen and oxygen atoms in total. The molecular weight excluding hydrogens is 297 g/mol. The van der Waals surface area contributed by atoms with Crippen LogP contribution in [0.4, 0.5) is 4.39 Å². The molecule has 23 heavy (non-hydrogen) atoms. The monoisotopic (exact) mass is 317 g/mol. The Morgan fingerprint density at radius 1 is 1.30 bits per heavy atom. The quantitative estimate of drug-likeness (QED) is 0.866. The Bertz CT molecular complexity index is 700. The lowest BCUT2D eigenvalue weighted by Gasteiger charge is -2.43. The van der Waals surface area contributed by atoms with Crippen LogP contribution in [-0.4, -0.2) is 37.2 Å². The Hall–Kier alpha value is -2.02. The topological polar surface area (TPSA) is 56.1 Å². The highest BCUT2D eigenvalue weighted by Crippen LogP contribution is 2.34. The van der Waals surface area contributed by atoms with Gasteiger partial charge in [-0.3, -0.25) is 4.90 Å². The van der Waals surface area contributed by atoms with E-state index < -0.39 is 5.82 Å². The van der Waals surface area contributed by atoms with Crippen LogP contribution in [0.3, 0.4) is 0 Å². The number of ether oxygens (including phenoxy) is 1. The Morgan fingerprint density at radius 2 is 2.17 bits per heavy atom. The molecule has 0 amide bonds. The second-order valence-electron chi connectivity index (χ2n) is 6.20. The highest BCUT2D eigenvalue weighted by atomic mass is 19.1. The van der Waals surface area contributed by atoms with Gasteiger partial charge >= 0.3 is 0 Å². The number of nitrogens with zero attached hydrogens (tertiary/aromatic N) is 5. The van der Waals surface area contributed by atoms with E-state index >= 15 is 0 Å². The average molecular weight is 317 g/mol. The van der Waals surface area contributed by atoms with Crippen LogP contribution in [0, 0.1) is 5.82 Å². The first kappa shape index (κ1) is 14.6. The molecule has 2 aromatic heterocycles. The summed E-state index contributed by atoms with van der Waals surface area (Å²) in [5.41, 5.74) is 0. The van der Waals surface area contributed by atoms with Crippen molar-refractivity contribution in [3.05, 3.63) is 35.8 Å². The van der Waals surface area contributed by atoms with Gasteiger partial charge < -0.3 is 9.30 Å². The lowest BCUT2D eigenvalue weighted by atomic mass is 9.90. The molecule has 0 saturated heterocycles. The van der Waals surface area contributed by atoms with Crippen LogP contribution < -0.4 is 4.74 Å². The van der Waals surface area contributed by atoms with E-state index in [-0.39, 0.29) is 18.5 Å². The third-order valence-corrected chi connectivity index (χ3v) is 4.92. The van der Waals surface area contributed by atoms with Gasteiger partial charge in [-0.15, -0.1) is 10.2 Å². The molecule has 0 aromatic carbocycles. The first-order valence-corrected chi connectivity index (χ1v) is 8.15. The summed E-state index contributed by atoms with van der Waals surface area (Å²) in [5.74, 6) is 1.24. The molecule has 7 heteroatoms. The number of hydrogen-bond donors (Lipinski definition) is 0. The summed E-state index contributed by atoms with van der Waals surface area (Å²) in [7, 11) is 0. The van der Waals surface area contributed by atoms with Gasteiger partial charge in [-0.25, -0.2) is 9.37 Å². The zero-order valence-corrected chi connectivity index (χ0v) is 13.2. The smallest absolute Gasteiger partial charge is 0.250 e. The lowest BCUT2D eigenvalue weighted by molar-refractivity contribution is 0.0601. The SMILES string of the molecule is C[C@@H]1c2nnc(COc3ncccc3F)n2CCN1C1CCC1. The van der Waals surface area contributed by atoms with Gasteiger partial charge in [0.25, 0.3) is 5.88 Å². The van der Waals surface area contributed by atoms with Crippen molar-refractivity contribution in [3.63, 3.8) is 0 Å². The van der Waals surface area contributed by atoms with Crippen molar-refractivity contribution in [1.82, 2.24) is 24.6 Å². The van der Waals surface area contributed by atoms with Gasteiger partial charge in [0.15, 0.2) is 11.6 Å². The minimum absolute atomic E-state index is 0.00445. The Balaban J connectivity index is 1.49. The normalized spacial score (nSPS) is 21.7. The highest BCUT2D eigenvalue weighted by molar-refractivity contribution is 5.13. The van der Waals surface area contributed by atoms with E-state index in [0.717, 1.165) is 24.7 Å². The fourth-order valence-electron chi connectivity index (χ4n) is 3.39. The Kier molecular flexibility index (Phi) is 3.72. The molecule has 1 aliphatic carbocycles. The molecule has 0 N–H and O–H groups in total. The van der Waals surface area contributed by atoms with E-state index in [2.05, 4.69) is 31.6 Å². The van der Waals surface area contributed by atoms with E-state index in [9.17, 15) is 4.39 Å². The molecule has 0 radical (unpaired) electrons. The number of halogens is 1. The van der Waals surface area contributed by atoms with Crippen molar-refractivity contribution >= 4 is 0 Å². The van der Waals surface area contributed by atoms with Gasteiger partial charge in [0.05, 0.1) is 6.04 Å². The van der Waals surface area contributed by atoms with E-state index in [0.29, 0.717) is 6.04 Å². The molecule has 0 spiro atoms. The Morgan fingerprint density at radius 3 is 2.91 bits per heavy atom. The second kappa shape index (κ2) is 5.88. The molecule has 2 aromatic rings. The maximum Gasteiger partial charge on any atom is 0.250 e. The summed E-state index contributed by atoms with van der Waals surface area (Å²) in [5, 5.41) is 8.58. The van der Waals surface area contributed by atoms with Gasteiger partial charge in [0, 0.05) is 25.3 Å². The van der Waals surface area contributed by atoms with Crippen LogP contribution in [0.2, 0.25) is 0 Å². The summed E-state index contributed by atoms with van der Waals surface area (Å²) in [6.45, 7) is 4.21. The van der Waals surface area contributed by atoms with Gasteiger partial charge in [0.2, 0.25) is 0 Å². The van der Waals surface area contributed by atoms with E-state index in [1.807, 2.05) is 0 Å². The third kappa shape index (κ3) is 2.59. The van der Waals surface area contributed by atoms with Crippen molar-refractivity contribution in [2.24, 2.45) is 0 Å². The first-order valence-electron chi connectivity index (χ1n) is 8.15. The number of rotatable bonds is 4. The fraction of sp³-hybridized carbons (Fsp3) is 0.562. The summed E-state index contributed by atoms with van der Waals surface area (Å²) in [4.78, 5) is 6.42. The van der Waals surface area contributed by atoms with Crippen molar-refractivity contribution in [1.29, 1.82) is 0 Å². The maximum absolute atomic E-state index is 13.6. The molecule has 1 atom stereocenters. The van der Waals surface area contributed by atoms with E-state index in [1.54, 1.807) is 0 Å². The van der Waals surface area contributed by atoms with Crippen LogP contribution in [0.25, 0.3) is 0 Å². The summed E-state index contributed by atoms with van der Waals surface area (Å²) >= 11 is 0. The van der Waals surface area contributed by atoms with Gasteiger partial charge in [0.1, 0.15) is 12.4 Å². The zero-order valence-electron chi connectivity index (χ0n) is 13.2. The van der Waals surface area contributed by atoms with Crippen LogP contribution in [0.1, 0.15) is 43.9 Å². The molecule has 4 rings (SSSR count). The van der Waals surface area contributed by atoms with Crippen molar-refractivity contribution in [2.75, 3.05) is 6.54 Å². The van der Waals surface area contributed by atoms with Crippen molar-refractivity contribution in [3.8, 4) is 5.88 Å². The predicted molar refractivity (Wildman–Crippen MR) is 81.3 cm³/mol. The maximum atomic E-state index is 13.6. The summed E-state index contributed by atoms with van der Waals surface area (Å²) in [6.07, 6.45) is 5.41. The predicted octanol–water partition coefficient (Wildman–Crippen LogP) is 2.32. The van der Waals surface area contributed by atoms with Crippen molar-refractivity contribution in [2.45, 2.75) is 51.4 Å². The van der Waals surface area contributed by atoms with Crippen LogP contribution in [-0.2, 0) is 13.2 Å². The van der Waals surface area contributed by atoms with Crippen LogP contribution >= 0.6 is 0 Å².